The summed E-state index contributed by atoms with van der Waals surface area (Å²) in [5.74, 6) is 6.46. The second-order valence-corrected chi connectivity index (χ2v) is 4.43. The minimum atomic E-state index is 0.175. The van der Waals surface area contributed by atoms with Crippen molar-refractivity contribution in [2.75, 3.05) is 11.4 Å². The van der Waals surface area contributed by atoms with E-state index < -0.39 is 0 Å². The van der Waals surface area contributed by atoms with Crippen LogP contribution in [0.4, 0.5) is 5.69 Å². The van der Waals surface area contributed by atoms with E-state index in [1.807, 2.05) is 54.6 Å². The lowest BCUT2D eigenvalue weighted by atomic mass is 10.1. The lowest BCUT2D eigenvalue weighted by Gasteiger charge is -2.31. The topological polar surface area (TPSA) is 20.3 Å². The molecule has 2 nitrogen and oxygen atoms in total. The van der Waals surface area contributed by atoms with Gasteiger partial charge in [-0.1, -0.05) is 42.2 Å². The zero-order chi connectivity index (χ0) is 13.1. The molecule has 1 amide bonds. The number of hydrogen-bond donors (Lipinski definition) is 0. The Morgan fingerprint density at radius 2 is 1.63 bits per heavy atom. The van der Waals surface area contributed by atoms with Crippen molar-refractivity contribution in [3.8, 4) is 11.8 Å². The van der Waals surface area contributed by atoms with Crippen LogP contribution >= 0.6 is 0 Å². The second kappa shape index (κ2) is 4.99. The number of para-hydroxylation sites is 1. The highest BCUT2D eigenvalue weighted by atomic mass is 16.2. The summed E-state index contributed by atoms with van der Waals surface area (Å²) < 4.78 is 0. The summed E-state index contributed by atoms with van der Waals surface area (Å²) in [6.07, 6.45) is 0.639. The Hall–Kier alpha value is -2.53. The molecular weight excluding hydrogens is 234 g/mol. The molecule has 0 aliphatic carbocycles. The van der Waals surface area contributed by atoms with Crippen molar-refractivity contribution >= 4 is 11.6 Å². The van der Waals surface area contributed by atoms with Gasteiger partial charge in [0, 0.05) is 24.1 Å². The SMILES string of the molecule is O=C1CCN1c1ccccc1C#Cc1ccccc1. The fraction of sp³-hybridized carbons (Fsp3) is 0.118. The molecule has 1 saturated heterocycles. The summed E-state index contributed by atoms with van der Waals surface area (Å²) in [7, 11) is 0. The molecular formula is C17H13NO. The minimum absolute atomic E-state index is 0.175. The van der Waals surface area contributed by atoms with Gasteiger partial charge in [-0.15, -0.1) is 0 Å². The van der Waals surface area contributed by atoms with Crippen LogP contribution in [-0.4, -0.2) is 12.5 Å². The van der Waals surface area contributed by atoms with Gasteiger partial charge in [-0.25, -0.2) is 0 Å². The van der Waals surface area contributed by atoms with Gasteiger partial charge in [0.15, 0.2) is 0 Å². The van der Waals surface area contributed by atoms with Crippen LogP contribution in [-0.2, 0) is 4.79 Å². The monoisotopic (exact) mass is 247 g/mol. The van der Waals surface area contributed by atoms with E-state index in [9.17, 15) is 4.79 Å². The summed E-state index contributed by atoms with van der Waals surface area (Å²) >= 11 is 0. The van der Waals surface area contributed by atoms with Gasteiger partial charge in [-0.05, 0) is 24.3 Å². The maximum atomic E-state index is 11.5. The van der Waals surface area contributed by atoms with Gasteiger partial charge in [0.05, 0.1) is 5.69 Å². The third-order valence-corrected chi connectivity index (χ3v) is 3.16. The van der Waals surface area contributed by atoms with Gasteiger partial charge in [-0.3, -0.25) is 4.79 Å². The third kappa shape index (κ3) is 2.36. The lowest BCUT2D eigenvalue weighted by Crippen LogP contribution is -2.43. The molecule has 0 atom stereocenters. The molecule has 1 aliphatic heterocycles. The molecule has 92 valence electrons. The highest BCUT2D eigenvalue weighted by Gasteiger charge is 2.26. The predicted octanol–water partition coefficient (Wildman–Crippen LogP) is 2.82. The van der Waals surface area contributed by atoms with E-state index >= 15 is 0 Å². The smallest absolute Gasteiger partial charge is 0.228 e. The Kier molecular flexibility index (Phi) is 3.04. The first-order valence-corrected chi connectivity index (χ1v) is 6.31. The van der Waals surface area contributed by atoms with Crippen LogP contribution in [0.3, 0.4) is 0 Å². The van der Waals surface area contributed by atoms with E-state index in [1.165, 1.54) is 0 Å². The Morgan fingerprint density at radius 3 is 2.32 bits per heavy atom. The van der Waals surface area contributed by atoms with Crippen molar-refractivity contribution in [1.29, 1.82) is 0 Å². The quantitative estimate of drug-likeness (QED) is 0.560. The zero-order valence-corrected chi connectivity index (χ0v) is 10.5. The third-order valence-electron chi connectivity index (χ3n) is 3.16. The summed E-state index contributed by atoms with van der Waals surface area (Å²) in [5, 5.41) is 0. The van der Waals surface area contributed by atoms with Crippen LogP contribution in [0.2, 0.25) is 0 Å². The van der Waals surface area contributed by atoms with Gasteiger partial charge >= 0.3 is 0 Å². The van der Waals surface area contributed by atoms with Crippen molar-refractivity contribution in [3.63, 3.8) is 0 Å². The largest absolute Gasteiger partial charge is 0.311 e. The molecule has 2 aromatic carbocycles. The Bertz CT molecular complexity index is 664. The molecule has 0 spiro atoms. The molecule has 2 heteroatoms. The first kappa shape index (κ1) is 11.6. The van der Waals surface area contributed by atoms with Crippen molar-refractivity contribution in [2.45, 2.75) is 6.42 Å². The average molecular weight is 247 g/mol. The molecule has 2 aromatic rings. The molecule has 0 unspecified atom stereocenters. The molecule has 0 bridgehead atoms. The Balaban J connectivity index is 1.94. The molecule has 3 rings (SSSR count). The Labute approximate surface area is 112 Å². The number of hydrogen-bond acceptors (Lipinski definition) is 1. The number of nitrogens with zero attached hydrogens (tertiary/aromatic N) is 1. The van der Waals surface area contributed by atoms with Gasteiger partial charge < -0.3 is 4.90 Å². The number of rotatable bonds is 1. The van der Waals surface area contributed by atoms with E-state index in [0.29, 0.717) is 6.42 Å². The summed E-state index contributed by atoms with van der Waals surface area (Å²) in [6.45, 7) is 0.795. The maximum absolute atomic E-state index is 11.5. The highest BCUT2D eigenvalue weighted by molar-refractivity contribution is 6.00. The predicted molar refractivity (Wildman–Crippen MR) is 75.8 cm³/mol. The zero-order valence-electron chi connectivity index (χ0n) is 10.5. The van der Waals surface area contributed by atoms with E-state index in [4.69, 9.17) is 0 Å². The summed E-state index contributed by atoms with van der Waals surface area (Å²) in [4.78, 5) is 13.3. The molecule has 0 radical (unpaired) electrons. The van der Waals surface area contributed by atoms with Crippen LogP contribution in [0.15, 0.2) is 54.6 Å². The standard InChI is InChI=1S/C17H13NO/c19-17-12-13-18(17)16-9-5-4-8-15(16)11-10-14-6-2-1-3-7-14/h1-9H,12-13H2. The highest BCUT2D eigenvalue weighted by Crippen LogP contribution is 2.25. The number of benzene rings is 2. The van der Waals surface area contributed by atoms with Crippen molar-refractivity contribution in [3.05, 3.63) is 65.7 Å². The van der Waals surface area contributed by atoms with Gasteiger partial charge in [0.25, 0.3) is 0 Å². The number of amides is 1. The molecule has 1 aliphatic rings. The first-order chi connectivity index (χ1) is 9.34. The van der Waals surface area contributed by atoms with Crippen LogP contribution < -0.4 is 4.90 Å². The number of anilines is 1. The summed E-state index contributed by atoms with van der Waals surface area (Å²) in [5.41, 5.74) is 2.80. The average Bonchev–Trinajstić information content (AvgIpc) is 2.46. The lowest BCUT2D eigenvalue weighted by molar-refractivity contribution is -0.122. The molecule has 0 aromatic heterocycles. The Morgan fingerprint density at radius 1 is 0.895 bits per heavy atom. The fourth-order valence-corrected chi connectivity index (χ4v) is 2.05. The molecule has 19 heavy (non-hydrogen) atoms. The van der Waals surface area contributed by atoms with Crippen LogP contribution in [0.1, 0.15) is 17.5 Å². The molecule has 0 N–H and O–H groups in total. The molecule has 1 fully saturated rings. The van der Waals surface area contributed by atoms with Crippen molar-refractivity contribution in [1.82, 2.24) is 0 Å². The number of carbonyl (C=O) groups is 1. The van der Waals surface area contributed by atoms with E-state index in [1.54, 1.807) is 4.90 Å². The molecule has 0 saturated carbocycles. The van der Waals surface area contributed by atoms with E-state index in [2.05, 4.69) is 11.8 Å². The number of carbonyl (C=O) groups excluding carboxylic acids is 1. The normalized spacial score (nSPS) is 13.5. The van der Waals surface area contributed by atoms with E-state index in [0.717, 1.165) is 23.4 Å². The van der Waals surface area contributed by atoms with Gasteiger partial charge in [-0.2, -0.15) is 0 Å². The summed E-state index contributed by atoms with van der Waals surface area (Å²) in [6, 6.07) is 17.6. The number of β-lactam (4-membered cyclic amide) rings is 1. The molecule has 1 heterocycles. The fourth-order valence-electron chi connectivity index (χ4n) is 2.05. The minimum Gasteiger partial charge on any atom is -0.311 e. The van der Waals surface area contributed by atoms with Crippen LogP contribution in [0.25, 0.3) is 0 Å². The van der Waals surface area contributed by atoms with E-state index in [-0.39, 0.29) is 5.91 Å². The van der Waals surface area contributed by atoms with Gasteiger partial charge in [0.2, 0.25) is 5.91 Å². The van der Waals surface area contributed by atoms with Crippen molar-refractivity contribution < 1.29 is 4.79 Å². The maximum Gasteiger partial charge on any atom is 0.228 e. The van der Waals surface area contributed by atoms with Crippen molar-refractivity contribution in [2.24, 2.45) is 0 Å². The van der Waals surface area contributed by atoms with Gasteiger partial charge in [0.1, 0.15) is 0 Å². The van der Waals surface area contributed by atoms with Crippen LogP contribution in [0, 0.1) is 11.8 Å². The second-order valence-electron chi connectivity index (χ2n) is 4.43. The van der Waals surface area contributed by atoms with Crippen LogP contribution in [0.5, 0.6) is 0 Å². The first-order valence-electron chi connectivity index (χ1n) is 6.31.